The summed E-state index contributed by atoms with van der Waals surface area (Å²) in [6, 6.07) is 27.8. The van der Waals surface area contributed by atoms with Crippen LogP contribution in [-0.2, 0) is 0 Å². The molecule has 0 radical (unpaired) electrons. The smallest absolute Gasteiger partial charge is 0.259 e. The summed E-state index contributed by atoms with van der Waals surface area (Å²) in [6.07, 6.45) is 0. The number of aryl methyl sites for hydroxylation is 1. The second kappa shape index (κ2) is 11.9. The van der Waals surface area contributed by atoms with Gasteiger partial charge in [-0.1, -0.05) is 54.1 Å². The third kappa shape index (κ3) is 6.03. The van der Waals surface area contributed by atoms with Crippen molar-refractivity contribution in [3.05, 3.63) is 119 Å². The molecule has 3 N–H and O–H groups in total. The number of carbonyl (C=O) groups is 2. The van der Waals surface area contributed by atoms with Gasteiger partial charge >= 0.3 is 0 Å². The predicted octanol–water partition coefficient (Wildman–Crippen LogP) is 8.44. The largest absolute Gasteiger partial charge is 0.505 e. The number of aromatic hydroxyl groups is 1. The second-order valence-corrected chi connectivity index (χ2v) is 9.60. The van der Waals surface area contributed by atoms with Gasteiger partial charge in [-0.3, -0.25) is 9.59 Å². The van der Waals surface area contributed by atoms with Crippen LogP contribution in [0.15, 0.2) is 107 Å². The number of hydrogen-bond acceptors (Lipinski definition) is 6. The maximum Gasteiger partial charge on any atom is 0.259 e. The Morgan fingerprint density at radius 2 is 1.54 bits per heavy atom. The van der Waals surface area contributed by atoms with Crippen LogP contribution in [0.3, 0.4) is 0 Å². The molecule has 0 atom stereocenters. The first-order chi connectivity index (χ1) is 19.8. The van der Waals surface area contributed by atoms with Crippen molar-refractivity contribution < 1.29 is 19.4 Å². The maximum absolute atomic E-state index is 13.1. The SMILES string of the molecule is COc1cc(NC(=O)c2ccccc2)c(C)cc1N=Nc1c(O)c(C(=O)Nc2ccc(Cl)cc2)cc2ccccc12. The number of azo groups is 1. The molecular formula is C32H25ClN4O4. The molecule has 5 aromatic rings. The zero-order chi connectivity index (χ0) is 28.9. The number of benzene rings is 5. The monoisotopic (exact) mass is 564 g/mol. The van der Waals surface area contributed by atoms with Crippen molar-refractivity contribution in [1.82, 2.24) is 0 Å². The number of rotatable bonds is 7. The number of nitrogens with one attached hydrogen (secondary N) is 2. The zero-order valence-electron chi connectivity index (χ0n) is 22.2. The van der Waals surface area contributed by atoms with Gasteiger partial charge in [0.25, 0.3) is 11.8 Å². The lowest BCUT2D eigenvalue weighted by atomic mass is 10.0. The standard InChI is InChI=1S/C32H25ClN4O4/c1-19-16-27(28(41-2)18-26(19)35-31(39)20-8-4-3-5-9-20)36-37-29-24-11-7-6-10-21(24)17-25(30(29)38)32(40)34-23-14-12-22(33)13-15-23/h3-18,38H,1-2H3,(H,34,40)(H,35,39). The van der Waals surface area contributed by atoms with Gasteiger partial charge in [0.1, 0.15) is 17.1 Å². The van der Waals surface area contributed by atoms with Gasteiger partial charge in [0.2, 0.25) is 0 Å². The molecule has 8 nitrogen and oxygen atoms in total. The number of anilines is 2. The van der Waals surface area contributed by atoms with Gasteiger partial charge in [0.15, 0.2) is 5.75 Å². The number of fused-ring (bicyclic) bond motifs is 1. The molecule has 204 valence electrons. The average Bonchev–Trinajstić information content (AvgIpc) is 2.99. The van der Waals surface area contributed by atoms with Crippen LogP contribution in [-0.4, -0.2) is 24.0 Å². The summed E-state index contributed by atoms with van der Waals surface area (Å²) in [5, 5.41) is 27.4. The normalized spacial score (nSPS) is 11.0. The summed E-state index contributed by atoms with van der Waals surface area (Å²) in [6.45, 7) is 1.83. The lowest BCUT2D eigenvalue weighted by Crippen LogP contribution is -2.12. The highest BCUT2D eigenvalue weighted by Gasteiger charge is 2.19. The Kier molecular flexibility index (Phi) is 7.94. The molecule has 0 spiro atoms. The van der Waals surface area contributed by atoms with Gasteiger partial charge in [-0.2, -0.15) is 0 Å². The Labute approximate surface area is 241 Å². The molecule has 0 bridgehead atoms. The first-order valence-corrected chi connectivity index (χ1v) is 13.0. The van der Waals surface area contributed by atoms with Crippen LogP contribution in [0.2, 0.25) is 5.02 Å². The van der Waals surface area contributed by atoms with Crippen molar-refractivity contribution in [3.63, 3.8) is 0 Å². The highest BCUT2D eigenvalue weighted by Crippen LogP contribution is 2.41. The van der Waals surface area contributed by atoms with Gasteiger partial charge in [-0.25, -0.2) is 0 Å². The lowest BCUT2D eigenvalue weighted by molar-refractivity contribution is 0.101. The summed E-state index contributed by atoms with van der Waals surface area (Å²) < 4.78 is 5.53. The Hall–Kier alpha value is -5.21. The average molecular weight is 565 g/mol. The first kappa shape index (κ1) is 27.4. The number of halogens is 1. The van der Waals surface area contributed by atoms with E-state index in [-0.39, 0.29) is 22.9 Å². The minimum absolute atomic E-state index is 0.0368. The maximum atomic E-state index is 13.1. The molecule has 41 heavy (non-hydrogen) atoms. The third-order valence-corrected chi connectivity index (χ3v) is 6.66. The van der Waals surface area contributed by atoms with E-state index in [2.05, 4.69) is 20.9 Å². The summed E-state index contributed by atoms with van der Waals surface area (Å²) in [5.41, 5.74) is 2.88. The fourth-order valence-corrected chi connectivity index (χ4v) is 4.39. The molecule has 0 saturated carbocycles. The van der Waals surface area contributed by atoms with Crippen LogP contribution < -0.4 is 15.4 Å². The fourth-order valence-electron chi connectivity index (χ4n) is 4.26. The number of phenolic OH excluding ortho intramolecular Hbond substituents is 1. The molecule has 0 aliphatic heterocycles. The number of nitrogens with zero attached hydrogens (tertiary/aromatic N) is 2. The number of ether oxygens (including phenoxy) is 1. The van der Waals surface area contributed by atoms with Gasteiger partial charge in [-0.05, 0) is 66.4 Å². The van der Waals surface area contributed by atoms with Crippen LogP contribution in [0.5, 0.6) is 11.5 Å². The molecule has 9 heteroatoms. The summed E-state index contributed by atoms with van der Waals surface area (Å²) >= 11 is 5.95. The van der Waals surface area contributed by atoms with Gasteiger partial charge in [0.05, 0.1) is 12.7 Å². The number of amides is 2. The Balaban J connectivity index is 1.49. The molecular weight excluding hydrogens is 540 g/mol. The van der Waals surface area contributed by atoms with Gasteiger partial charge < -0.3 is 20.5 Å². The summed E-state index contributed by atoms with van der Waals surface area (Å²) in [4.78, 5) is 25.8. The predicted molar refractivity (Wildman–Crippen MR) is 161 cm³/mol. The minimum Gasteiger partial charge on any atom is -0.505 e. The third-order valence-electron chi connectivity index (χ3n) is 6.41. The summed E-state index contributed by atoms with van der Waals surface area (Å²) in [5.74, 6) is -0.723. The number of methoxy groups -OCH3 is 1. The molecule has 0 aliphatic rings. The molecule has 0 saturated heterocycles. The van der Waals surface area contributed by atoms with E-state index < -0.39 is 5.91 Å². The Morgan fingerprint density at radius 1 is 0.829 bits per heavy atom. The molecule has 0 heterocycles. The fraction of sp³-hybridized carbons (Fsp3) is 0.0625. The second-order valence-electron chi connectivity index (χ2n) is 9.16. The van der Waals surface area contributed by atoms with E-state index in [1.807, 2.05) is 31.2 Å². The van der Waals surface area contributed by atoms with E-state index in [9.17, 15) is 14.7 Å². The van der Waals surface area contributed by atoms with Crippen molar-refractivity contribution in [2.75, 3.05) is 17.7 Å². The number of carbonyl (C=O) groups excluding carboxylic acids is 2. The van der Waals surface area contributed by atoms with E-state index >= 15 is 0 Å². The van der Waals surface area contributed by atoms with E-state index in [4.69, 9.17) is 16.3 Å². The molecule has 5 aromatic carbocycles. The molecule has 0 aliphatic carbocycles. The van der Waals surface area contributed by atoms with Crippen molar-refractivity contribution >= 4 is 56.9 Å². The van der Waals surface area contributed by atoms with Crippen molar-refractivity contribution in [2.45, 2.75) is 6.92 Å². The highest BCUT2D eigenvalue weighted by molar-refractivity contribution is 6.30. The number of phenols is 1. The minimum atomic E-state index is -0.515. The van der Waals surface area contributed by atoms with Crippen LogP contribution >= 0.6 is 11.6 Å². The number of hydrogen-bond donors (Lipinski definition) is 3. The molecule has 5 rings (SSSR count). The van der Waals surface area contributed by atoms with Gasteiger partial charge in [0, 0.05) is 33.4 Å². The lowest BCUT2D eigenvalue weighted by Gasteiger charge is -2.13. The van der Waals surface area contributed by atoms with E-state index in [1.165, 1.54) is 7.11 Å². The molecule has 0 fully saturated rings. The van der Waals surface area contributed by atoms with Crippen molar-refractivity contribution in [1.29, 1.82) is 0 Å². The molecule has 0 aromatic heterocycles. The van der Waals surface area contributed by atoms with E-state index in [0.717, 1.165) is 5.56 Å². The Bertz CT molecular complexity index is 1790. The molecule has 2 amide bonds. The van der Waals surface area contributed by atoms with Gasteiger partial charge in [-0.15, -0.1) is 10.2 Å². The Morgan fingerprint density at radius 3 is 2.27 bits per heavy atom. The molecule has 0 unspecified atom stereocenters. The van der Waals surface area contributed by atoms with Crippen LogP contribution in [0.1, 0.15) is 26.3 Å². The highest BCUT2D eigenvalue weighted by atomic mass is 35.5. The quantitative estimate of drug-likeness (QED) is 0.172. The van der Waals surface area contributed by atoms with Crippen molar-refractivity contribution in [3.8, 4) is 11.5 Å². The summed E-state index contributed by atoms with van der Waals surface area (Å²) in [7, 11) is 1.49. The van der Waals surface area contributed by atoms with E-state index in [1.54, 1.807) is 72.8 Å². The first-order valence-electron chi connectivity index (χ1n) is 12.6. The van der Waals surface area contributed by atoms with Crippen LogP contribution in [0.25, 0.3) is 10.8 Å². The zero-order valence-corrected chi connectivity index (χ0v) is 22.9. The van der Waals surface area contributed by atoms with Crippen molar-refractivity contribution in [2.24, 2.45) is 10.2 Å². The van der Waals surface area contributed by atoms with Crippen LogP contribution in [0, 0.1) is 6.92 Å². The van der Waals surface area contributed by atoms with Crippen LogP contribution in [0.4, 0.5) is 22.7 Å². The van der Waals surface area contributed by atoms with E-state index in [0.29, 0.717) is 44.2 Å². The topological polar surface area (TPSA) is 112 Å².